The van der Waals surface area contributed by atoms with E-state index in [0.717, 1.165) is 28.8 Å². The number of para-hydroxylation sites is 1. The Morgan fingerprint density at radius 3 is 3.00 bits per heavy atom. The second-order valence-electron chi connectivity index (χ2n) is 5.36. The summed E-state index contributed by atoms with van der Waals surface area (Å²) in [5, 5.41) is 15.3. The van der Waals surface area contributed by atoms with Gasteiger partial charge in [0.1, 0.15) is 5.82 Å². The van der Waals surface area contributed by atoms with E-state index in [9.17, 15) is 4.79 Å². The Morgan fingerprint density at radius 2 is 2.18 bits per heavy atom. The summed E-state index contributed by atoms with van der Waals surface area (Å²) in [6.07, 6.45) is 2.91. The molecule has 6 nitrogen and oxygen atoms in total. The molecule has 0 unspecified atom stereocenters. The summed E-state index contributed by atoms with van der Waals surface area (Å²) < 4.78 is 1.84. The number of anilines is 1. The average Bonchev–Trinajstić information content (AvgIpc) is 3.14. The SMILES string of the molecule is CC[C@@H](C)n1nccc1NC(=O)Cc1[nH]nc2ccccc12. The van der Waals surface area contributed by atoms with E-state index < -0.39 is 0 Å². The maximum atomic E-state index is 12.3. The summed E-state index contributed by atoms with van der Waals surface area (Å²) in [5.41, 5.74) is 1.69. The minimum absolute atomic E-state index is 0.0838. The summed E-state index contributed by atoms with van der Waals surface area (Å²) in [6.45, 7) is 4.17. The molecule has 6 heteroatoms. The van der Waals surface area contributed by atoms with Gasteiger partial charge in [0, 0.05) is 11.5 Å². The normalized spacial score (nSPS) is 12.5. The minimum atomic E-state index is -0.0838. The highest BCUT2D eigenvalue weighted by Gasteiger charge is 2.13. The van der Waals surface area contributed by atoms with Gasteiger partial charge in [-0.3, -0.25) is 9.89 Å². The number of hydrogen-bond donors (Lipinski definition) is 2. The molecule has 1 aromatic carbocycles. The third-order valence-corrected chi connectivity index (χ3v) is 3.82. The van der Waals surface area contributed by atoms with E-state index in [1.54, 1.807) is 6.20 Å². The molecule has 0 bridgehead atoms. The number of amides is 1. The smallest absolute Gasteiger partial charge is 0.231 e. The molecule has 2 aromatic heterocycles. The Morgan fingerprint density at radius 1 is 1.36 bits per heavy atom. The fourth-order valence-corrected chi connectivity index (χ4v) is 2.43. The van der Waals surface area contributed by atoms with Crippen molar-refractivity contribution >= 4 is 22.6 Å². The number of nitrogens with zero attached hydrogens (tertiary/aromatic N) is 3. The van der Waals surface area contributed by atoms with Crippen molar-refractivity contribution in [3.05, 3.63) is 42.2 Å². The van der Waals surface area contributed by atoms with Gasteiger partial charge in [-0.05, 0) is 19.4 Å². The molecular weight excluding hydrogens is 278 g/mol. The van der Waals surface area contributed by atoms with Crippen LogP contribution in [0.4, 0.5) is 5.82 Å². The quantitative estimate of drug-likeness (QED) is 0.760. The molecule has 0 radical (unpaired) electrons. The number of hydrogen-bond acceptors (Lipinski definition) is 3. The Labute approximate surface area is 128 Å². The molecule has 0 fully saturated rings. The van der Waals surface area contributed by atoms with Crippen molar-refractivity contribution in [1.82, 2.24) is 20.0 Å². The molecule has 1 atom stereocenters. The van der Waals surface area contributed by atoms with Crippen molar-refractivity contribution in [2.75, 3.05) is 5.32 Å². The molecule has 22 heavy (non-hydrogen) atoms. The first-order valence-corrected chi connectivity index (χ1v) is 7.44. The van der Waals surface area contributed by atoms with Crippen molar-refractivity contribution in [3.8, 4) is 0 Å². The predicted octanol–water partition coefficient (Wildman–Crippen LogP) is 2.91. The summed E-state index contributed by atoms with van der Waals surface area (Å²) in [5.74, 6) is 0.641. The molecule has 2 N–H and O–H groups in total. The first-order valence-electron chi connectivity index (χ1n) is 7.44. The number of carbonyl (C=O) groups excluding carboxylic acids is 1. The van der Waals surface area contributed by atoms with Crippen LogP contribution in [0, 0.1) is 0 Å². The maximum Gasteiger partial charge on any atom is 0.231 e. The third kappa shape index (κ3) is 2.72. The number of rotatable bonds is 5. The number of H-pyrrole nitrogens is 1. The van der Waals surface area contributed by atoms with Crippen LogP contribution in [0.3, 0.4) is 0 Å². The molecule has 114 valence electrons. The van der Waals surface area contributed by atoms with E-state index in [1.165, 1.54) is 0 Å². The van der Waals surface area contributed by atoms with Crippen molar-refractivity contribution in [2.24, 2.45) is 0 Å². The lowest BCUT2D eigenvalue weighted by atomic mass is 10.1. The first-order chi connectivity index (χ1) is 10.7. The summed E-state index contributed by atoms with van der Waals surface area (Å²) in [7, 11) is 0. The molecule has 1 amide bonds. The molecule has 0 aliphatic rings. The molecule has 0 spiro atoms. The number of nitrogens with one attached hydrogen (secondary N) is 2. The van der Waals surface area contributed by atoms with E-state index in [-0.39, 0.29) is 18.4 Å². The standard InChI is InChI=1S/C16H19N5O/c1-3-11(2)21-15(8-9-17-21)18-16(22)10-14-12-6-4-5-7-13(12)19-20-14/h4-9,11H,3,10H2,1-2H3,(H,18,22)(H,19,20)/t11-/m1/s1. The van der Waals surface area contributed by atoms with Gasteiger partial charge in [-0.15, -0.1) is 0 Å². The molecule has 0 aliphatic carbocycles. The molecule has 0 saturated carbocycles. The maximum absolute atomic E-state index is 12.3. The first kappa shape index (κ1) is 14.3. The van der Waals surface area contributed by atoms with E-state index in [1.807, 2.05) is 35.0 Å². The lowest BCUT2D eigenvalue weighted by Crippen LogP contribution is -2.19. The van der Waals surface area contributed by atoms with E-state index >= 15 is 0 Å². The Kier molecular flexibility index (Phi) is 3.91. The molecular formula is C16H19N5O. The summed E-state index contributed by atoms with van der Waals surface area (Å²) >= 11 is 0. The predicted molar refractivity (Wildman–Crippen MR) is 85.7 cm³/mol. The van der Waals surface area contributed by atoms with Gasteiger partial charge in [0.05, 0.1) is 29.9 Å². The lowest BCUT2D eigenvalue weighted by molar-refractivity contribution is -0.115. The second-order valence-corrected chi connectivity index (χ2v) is 5.36. The van der Waals surface area contributed by atoms with Crippen LogP contribution >= 0.6 is 0 Å². The Hall–Kier alpha value is -2.63. The number of carbonyl (C=O) groups is 1. The topological polar surface area (TPSA) is 75.6 Å². The van der Waals surface area contributed by atoms with E-state index in [4.69, 9.17) is 0 Å². The van der Waals surface area contributed by atoms with Crippen molar-refractivity contribution in [3.63, 3.8) is 0 Å². The third-order valence-electron chi connectivity index (χ3n) is 3.82. The highest BCUT2D eigenvalue weighted by atomic mass is 16.1. The molecule has 0 aliphatic heterocycles. The largest absolute Gasteiger partial charge is 0.311 e. The zero-order valence-corrected chi connectivity index (χ0v) is 12.7. The van der Waals surface area contributed by atoms with E-state index in [0.29, 0.717) is 0 Å². The highest BCUT2D eigenvalue weighted by molar-refractivity contribution is 5.94. The van der Waals surface area contributed by atoms with E-state index in [2.05, 4.69) is 34.5 Å². The van der Waals surface area contributed by atoms with Crippen LogP contribution in [-0.2, 0) is 11.2 Å². The Bertz CT molecular complexity index is 789. The van der Waals surface area contributed by atoms with Crippen LogP contribution in [0.2, 0.25) is 0 Å². The van der Waals surface area contributed by atoms with Crippen LogP contribution in [0.5, 0.6) is 0 Å². The number of aromatic nitrogens is 4. The summed E-state index contributed by atoms with van der Waals surface area (Å²) in [6, 6.07) is 9.82. The second kappa shape index (κ2) is 6.01. The molecule has 0 saturated heterocycles. The van der Waals surface area contributed by atoms with Gasteiger partial charge in [0.2, 0.25) is 5.91 Å². The van der Waals surface area contributed by atoms with Gasteiger partial charge in [-0.25, -0.2) is 4.68 Å². The van der Waals surface area contributed by atoms with Crippen LogP contribution in [0.1, 0.15) is 32.0 Å². The molecule has 3 aromatic rings. The summed E-state index contributed by atoms with van der Waals surface area (Å²) in [4.78, 5) is 12.3. The molecule has 2 heterocycles. The molecule has 3 rings (SSSR count). The van der Waals surface area contributed by atoms with Crippen molar-refractivity contribution in [1.29, 1.82) is 0 Å². The fraction of sp³-hybridized carbons (Fsp3) is 0.312. The Balaban J connectivity index is 1.74. The minimum Gasteiger partial charge on any atom is -0.311 e. The number of aromatic amines is 1. The van der Waals surface area contributed by atoms with Gasteiger partial charge in [-0.2, -0.15) is 10.2 Å². The van der Waals surface area contributed by atoms with Gasteiger partial charge in [0.25, 0.3) is 0 Å². The zero-order chi connectivity index (χ0) is 15.5. The van der Waals surface area contributed by atoms with Crippen LogP contribution < -0.4 is 5.32 Å². The van der Waals surface area contributed by atoms with Crippen LogP contribution in [0.25, 0.3) is 10.9 Å². The zero-order valence-electron chi connectivity index (χ0n) is 12.7. The van der Waals surface area contributed by atoms with Gasteiger partial charge in [-0.1, -0.05) is 25.1 Å². The van der Waals surface area contributed by atoms with Crippen molar-refractivity contribution in [2.45, 2.75) is 32.7 Å². The van der Waals surface area contributed by atoms with Gasteiger partial charge >= 0.3 is 0 Å². The highest BCUT2D eigenvalue weighted by Crippen LogP contribution is 2.18. The van der Waals surface area contributed by atoms with Crippen molar-refractivity contribution < 1.29 is 4.79 Å². The number of benzene rings is 1. The monoisotopic (exact) mass is 297 g/mol. The average molecular weight is 297 g/mol. The fourth-order valence-electron chi connectivity index (χ4n) is 2.43. The van der Waals surface area contributed by atoms with Gasteiger partial charge in [0.15, 0.2) is 0 Å². The van der Waals surface area contributed by atoms with Crippen LogP contribution in [-0.4, -0.2) is 25.9 Å². The van der Waals surface area contributed by atoms with Gasteiger partial charge < -0.3 is 5.32 Å². The van der Waals surface area contributed by atoms with Crippen LogP contribution in [0.15, 0.2) is 36.5 Å². The number of fused-ring (bicyclic) bond motifs is 1. The lowest BCUT2D eigenvalue weighted by Gasteiger charge is -2.14.